The molecule has 2 rings (SSSR count). The van der Waals surface area contributed by atoms with Crippen molar-refractivity contribution in [2.75, 3.05) is 13.2 Å². The van der Waals surface area contributed by atoms with Gasteiger partial charge >= 0.3 is 0 Å². The molecule has 0 aliphatic carbocycles. The predicted octanol–water partition coefficient (Wildman–Crippen LogP) is 1.90. The lowest BCUT2D eigenvalue weighted by molar-refractivity contribution is 0.112. The minimum absolute atomic E-state index is 0.417. The largest absolute Gasteiger partial charge is 0.490 e. The van der Waals surface area contributed by atoms with E-state index in [9.17, 15) is 5.11 Å². The Hall–Kier alpha value is -1.22. The summed E-state index contributed by atoms with van der Waals surface area (Å²) in [5.74, 6) is 1.43. The molecule has 76 valence electrons. The topological polar surface area (TPSA) is 38.7 Å². The fourth-order valence-corrected chi connectivity index (χ4v) is 1.65. The second kappa shape index (κ2) is 3.88. The van der Waals surface area contributed by atoms with E-state index in [4.69, 9.17) is 9.47 Å². The Labute approximate surface area is 83.3 Å². The fraction of sp³-hybridized carbons (Fsp3) is 0.455. The van der Waals surface area contributed by atoms with Crippen LogP contribution in [0.25, 0.3) is 0 Å². The van der Waals surface area contributed by atoms with Gasteiger partial charge in [-0.05, 0) is 13.0 Å². The van der Waals surface area contributed by atoms with Crippen molar-refractivity contribution in [1.82, 2.24) is 0 Å². The molecule has 0 radical (unpaired) electrons. The van der Waals surface area contributed by atoms with Gasteiger partial charge < -0.3 is 14.6 Å². The van der Waals surface area contributed by atoms with E-state index in [0.29, 0.717) is 25.4 Å². The Morgan fingerprint density at radius 3 is 3.21 bits per heavy atom. The summed E-state index contributed by atoms with van der Waals surface area (Å²) < 4.78 is 10.9. The van der Waals surface area contributed by atoms with E-state index in [0.717, 1.165) is 11.3 Å². The Kier molecular flexibility index (Phi) is 2.59. The SMILES string of the molecule is CCOc1cccc2c1OCC[C@H]2O. The van der Waals surface area contributed by atoms with E-state index >= 15 is 0 Å². The molecule has 1 heterocycles. The fourth-order valence-electron chi connectivity index (χ4n) is 1.65. The van der Waals surface area contributed by atoms with Gasteiger partial charge in [-0.3, -0.25) is 0 Å². The third kappa shape index (κ3) is 1.55. The van der Waals surface area contributed by atoms with Crippen LogP contribution in [0.2, 0.25) is 0 Å². The normalized spacial score (nSPS) is 19.7. The van der Waals surface area contributed by atoms with Crippen molar-refractivity contribution in [1.29, 1.82) is 0 Å². The number of aliphatic hydroxyl groups excluding tert-OH is 1. The highest BCUT2D eigenvalue weighted by Gasteiger charge is 2.22. The van der Waals surface area contributed by atoms with Gasteiger partial charge in [-0.1, -0.05) is 12.1 Å². The molecule has 0 saturated carbocycles. The first-order valence-electron chi connectivity index (χ1n) is 4.89. The molecular weight excluding hydrogens is 180 g/mol. The molecule has 0 aromatic heterocycles. The zero-order chi connectivity index (χ0) is 9.97. The van der Waals surface area contributed by atoms with Crippen LogP contribution in [0.3, 0.4) is 0 Å². The van der Waals surface area contributed by atoms with E-state index in [1.807, 2.05) is 25.1 Å². The lowest BCUT2D eigenvalue weighted by Crippen LogP contribution is -2.14. The van der Waals surface area contributed by atoms with Crippen LogP contribution in [0.15, 0.2) is 18.2 Å². The number of rotatable bonds is 2. The van der Waals surface area contributed by atoms with Crippen molar-refractivity contribution >= 4 is 0 Å². The first kappa shape index (κ1) is 9.34. The van der Waals surface area contributed by atoms with Gasteiger partial charge in [0.25, 0.3) is 0 Å². The van der Waals surface area contributed by atoms with E-state index in [2.05, 4.69) is 0 Å². The lowest BCUT2D eigenvalue weighted by Gasteiger charge is -2.23. The van der Waals surface area contributed by atoms with Gasteiger partial charge in [-0.2, -0.15) is 0 Å². The van der Waals surface area contributed by atoms with Gasteiger partial charge in [0, 0.05) is 12.0 Å². The van der Waals surface area contributed by atoms with Crippen molar-refractivity contribution in [3.8, 4) is 11.5 Å². The number of aliphatic hydroxyl groups is 1. The summed E-state index contributed by atoms with van der Waals surface area (Å²) in [7, 11) is 0. The predicted molar refractivity (Wildman–Crippen MR) is 52.7 cm³/mol. The molecule has 0 amide bonds. The molecule has 0 bridgehead atoms. The van der Waals surface area contributed by atoms with Crippen molar-refractivity contribution in [3.05, 3.63) is 23.8 Å². The standard InChI is InChI=1S/C11H14O3/c1-2-13-10-5-3-4-8-9(12)6-7-14-11(8)10/h3-5,9,12H,2,6-7H2,1H3/t9-/m1/s1. The maximum absolute atomic E-state index is 9.72. The molecule has 0 spiro atoms. The zero-order valence-electron chi connectivity index (χ0n) is 8.19. The van der Waals surface area contributed by atoms with Crippen LogP contribution in [0.1, 0.15) is 25.0 Å². The molecule has 0 fully saturated rings. The quantitative estimate of drug-likeness (QED) is 0.781. The molecule has 1 atom stereocenters. The lowest BCUT2D eigenvalue weighted by atomic mass is 10.0. The molecule has 1 aliphatic rings. The van der Waals surface area contributed by atoms with Crippen molar-refractivity contribution in [3.63, 3.8) is 0 Å². The molecule has 1 aromatic rings. The number of para-hydroxylation sites is 1. The maximum atomic E-state index is 9.72. The van der Waals surface area contributed by atoms with Crippen LogP contribution in [0.4, 0.5) is 0 Å². The monoisotopic (exact) mass is 194 g/mol. The summed E-state index contributed by atoms with van der Waals surface area (Å²) in [6, 6.07) is 5.61. The molecule has 1 N–H and O–H groups in total. The summed E-state index contributed by atoms with van der Waals surface area (Å²) in [4.78, 5) is 0. The first-order chi connectivity index (χ1) is 6.83. The molecule has 1 aliphatic heterocycles. The van der Waals surface area contributed by atoms with Crippen LogP contribution < -0.4 is 9.47 Å². The van der Waals surface area contributed by atoms with E-state index in [1.165, 1.54) is 0 Å². The highest BCUT2D eigenvalue weighted by atomic mass is 16.5. The number of hydrogen-bond donors (Lipinski definition) is 1. The van der Waals surface area contributed by atoms with E-state index < -0.39 is 6.10 Å². The van der Waals surface area contributed by atoms with Crippen LogP contribution >= 0.6 is 0 Å². The molecule has 0 unspecified atom stereocenters. The number of fused-ring (bicyclic) bond motifs is 1. The highest BCUT2D eigenvalue weighted by Crippen LogP contribution is 2.39. The van der Waals surface area contributed by atoms with Crippen LogP contribution in [-0.4, -0.2) is 18.3 Å². The van der Waals surface area contributed by atoms with Crippen LogP contribution in [0.5, 0.6) is 11.5 Å². The summed E-state index contributed by atoms with van der Waals surface area (Å²) in [5.41, 5.74) is 0.835. The third-order valence-corrected chi connectivity index (χ3v) is 2.31. The molecule has 1 aromatic carbocycles. The van der Waals surface area contributed by atoms with Crippen LogP contribution in [-0.2, 0) is 0 Å². The van der Waals surface area contributed by atoms with Gasteiger partial charge in [-0.25, -0.2) is 0 Å². The summed E-state index contributed by atoms with van der Waals surface area (Å²) >= 11 is 0. The Morgan fingerprint density at radius 1 is 1.57 bits per heavy atom. The first-order valence-corrected chi connectivity index (χ1v) is 4.89. The van der Waals surface area contributed by atoms with Crippen molar-refractivity contribution in [2.45, 2.75) is 19.4 Å². The van der Waals surface area contributed by atoms with Crippen LogP contribution in [0, 0.1) is 0 Å². The smallest absolute Gasteiger partial charge is 0.166 e. The summed E-state index contributed by atoms with van der Waals surface area (Å²) in [6.45, 7) is 3.09. The molecule has 3 nitrogen and oxygen atoms in total. The van der Waals surface area contributed by atoms with E-state index in [1.54, 1.807) is 0 Å². The Balaban J connectivity index is 2.39. The minimum atomic E-state index is -0.417. The van der Waals surface area contributed by atoms with Gasteiger partial charge in [-0.15, -0.1) is 0 Å². The Morgan fingerprint density at radius 2 is 2.43 bits per heavy atom. The summed E-state index contributed by atoms with van der Waals surface area (Å²) in [5, 5.41) is 9.72. The average molecular weight is 194 g/mol. The molecule has 0 saturated heterocycles. The van der Waals surface area contributed by atoms with Crippen molar-refractivity contribution < 1.29 is 14.6 Å². The van der Waals surface area contributed by atoms with Gasteiger partial charge in [0.15, 0.2) is 11.5 Å². The van der Waals surface area contributed by atoms with Gasteiger partial charge in [0.05, 0.1) is 19.3 Å². The number of hydrogen-bond acceptors (Lipinski definition) is 3. The number of ether oxygens (including phenoxy) is 2. The Bertz CT molecular complexity index is 322. The van der Waals surface area contributed by atoms with Gasteiger partial charge in [0.2, 0.25) is 0 Å². The average Bonchev–Trinajstić information content (AvgIpc) is 2.20. The molecule has 3 heteroatoms. The molecular formula is C11H14O3. The van der Waals surface area contributed by atoms with E-state index in [-0.39, 0.29) is 0 Å². The van der Waals surface area contributed by atoms with Gasteiger partial charge in [0.1, 0.15) is 0 Å². The minimum Gasteiger partial charge on any atom is -0.490 e. The number of benzene rings is 1. The molecule has 14 heavy (non-hydrogen) atoms. The third-order valence-electron chi connectivity index (χ3n) is 2.31. The van der Waals surface area contributed by atoms with Crippen molar-refractivity contribution in [2.24, 2.45) is 0 Å². The second-order valence-electron chi connectivity index (χ2n) is 3.26. The second-order valence-corrected chi connectivity index (χ2v) is 3.26. The maximum Gasteiger partial charge on any atom is 0.166 e. The highest BCUT2D eigenvalue weighted by molar-refractivity contribution is 5.48. The zero-order valence-corrected chi connectivity index (χ0v) is 8.19. The summed E-state index contributed by atoms with van der Waals surface area (Å²) in [6.07, 6.45) is 0.238.